The molecule has 0 saturated heterocycles. The number of thiophene rings is 1. The van der Waals surface area contributed by atoms with Crippen molar-refractivity contribution in [2.75, 3.05) is 5.32 Å². The molecule has 8 heteroatoms. The number of fused-ring (bicyclic) bond motifs is 1. The van der Waals surface area contributed by atoms with Crippen molar-refractivity contribution in [1.82, 2.24) is 9.55 Å². The second-order valence-corrected chi connectivity index (χ2v) is 7.46. The van der Waals surface area contributed by atoms with Gasteiger partial charge in [0, 0.05) is 5.69 Å². The van der Waals surface area contributed by atoms with Crippen LogP contribution in [-0.2, 0) is 11.2 Å². The van der Waals surface area contributed by atoms with E-state index in [4.69, 9.17) is 0 Å². The van der Waals surface area contributed by atoms with Gasteiger partial charge in [-0.3, -0.25) is 14.2 Å². The van der Waals surface area contributed by atoms with Crippen LogP contribution in [0.1, 0.15) is 47.1 Å². The van der Waals surface area contributed by atoms with Gasteiger partial charge >= 0.3 is 5.97 Å². The number of aryl methyl sites for hydroxylation is 2. The third-order valence-electron chi connectivity index (χ3n) is 4.73. The molecule has 3 aromatic rings. The Kier molecular flexibility index (Phi) is 5.60. The molecule has 1 amide bonds. The summed E-state index contributed by atoms with van der Waals surface area (Å²) in [6.07, 6.45) is 2.62. The average molecular weight is 399 g/mol. The molecule has 0 bridgehead atoms. The summed E-state index contributed by atoms with van der Waals surface area (Å²) in [5, 5.41) is 12.4. The average Bonchev–Trinajstić information content (AvgIpc) is 3.02. The van der Waals surface area contributed by atoms with Gasteiger partial charge in [-0.2, -0.15) is 0 Å². The lowest BCUT2D eigenvalue weighted by atomic mass is 10.1. The van der Waals surface area contributed by atoms with E-state index in [1.165, 1.54) is 10.9 Å². The molecule has 2 heterocycles. The summed E-state index contributed by atoms with van der Waals surface area (Å²) in [6, 6.07) is 6.80. The van der Waals surface area contributed by atoms with Crippen LogP contribution < -0.4 is 10.9 Å². The molecule has 28 heavy (non-hydrogen) atoms. The number of carboxylic acid groups (broad SMARTS) is 1. The Hall–Kier alpha value is -3.00. The highest BCUT2D eigenvalue weighted by Crippen LogP contribution is 2.27. The summed E-state index contributed by atoms with van der Waals surface area (Å²) in [7, 11) is 0. The maximum Gasteiger partial charge on any atom is 0.346 e. The minimum Gasteiger partial charge on any atom is -0.477 e. The predicted octanol–water partition coefficient (Wildman–Crippen LogP) is 3.62. The lowest BCUT2D eigenvalue weighted by molar-refractivity contribution is -0.119. The molecule has 0 saturated carbocycles. The molecular formula is C20H21N3O4S. The fourth-order valence-electron chi connectivity index (χ4n) is 3.12. The molecule has 0 fully saturated rings. The summed E-state index contributed by atoms with van der Waals surface area (Å²) in [5.41, 5.74) is 1.79. The minimum absolute atomic E-state index is 0.0888. The van der Waals surface area contributed by atoms with E-state index >= 15 is 0 Å². The molecule has 3 rings (SSSR count). The Morgan fingerprint density at radius 2 is 1.93 bits per heavy atom. The highest BCUT2D eigenvalue weighted by Gasteiger charge is 2.24. The van der Waals surface area contributed by atoms with Gasteiger partial charge in [-0.1, -0.05) is 26.0 Å². The zero-order chi connectivity index (χ0) is 20.4. The number of amides is 1. The number of anilines is 1. The van der Waals surface area contributed by atoms with E-state index in [1.807, 2.05) is 31.2 Å². The van der Waals surface area contributed by atoms with Gasteiger partial charge in [-0.05, 0) is 43.0 Å². The third kappa shape index (κ3) is 3.55. The van der Waals surface area contributed by atoms with Crippen molar-refractivity contribution >= 4 is 39.1 Å². The molecule has 7 nitrogen and oxygen atoms in total. The van der Waals surface area contributed by atoms with Crippen molar-refractivity contribution < 1.29 is 14.7 Å². The van der Waals surface area contributed by atoms with Crippen molar-refractivity contribution in [3.8, 4) is 0 Å². The molecule has 1 unspecified atom stereocenters. The summed E-state index contributed by atoms with van der Waals surface area (Å²) >= 11 is 0.964. The largest absolute Gasteiger partial charge is 0.477 e. The molecule has 0 spiro atoms. The highest BCUT2D eigenvalue weighted by molar-refractivity contribution is 7.20. The van der Waals surface area contributed by atoms with Crippen LogP contribution in [0.15, 0.2) is 35.4 Å². The predicted molar refractivity (Wildman–Crippen MR) is 109 cm³/mol. The fourth-order valence-corrected chi connectivity index (χ4v) is 4.10. The quantitative estimate of drug-likeness (QED) is 0.659. The highest BCUT2D eigenvalue weighted by atomic mass is 32.1. The van der Waals surface area contributed by atoms with Crippen LogP contribution in [0, 0.1) is 6.92 Å². The maximum absolute atomic E-state index is 13.0. The van der Waals surface area contributed by atoms with Gasteiger partial charge in [0.25, 0.3) is 5.56 Å². The Morgan fingerprint density at radius 3 is 2.50 bits per heavy atom. The minimum atomic E-state index is -1.09. The lowest BCUT2D eigenvalue weighted by Gasteiger charge is -2.17. The van der Waals surface area contributed by atoms with E-state index in [-0.39, 0.29) is 16.2 Å². The molecule has 2 aromatic heterocycles. The number of aromatic nitrogens is 2. The van der Waals surface area contributed by atoms with Gasteiger partial charge in [0.2, 0.25) is 5.91 Å². The zero-order valence-electron chi connectivity index (χ0n) is 15.9. The topological polar surface area (TPSA) is 101 Å². The fraction of sp³-hybridized carbons (Fsp3) is 0.300. The van der Waals surface area contributed by atoms with E-state index in [9.17, 15) is 19.5 Å². The smallest absolute Gasteiger partial charge is 0.346 e. The summed E-state index contributed by atoms with van der Waals surface area (Å²) < 4.78 is 1.28. The van der Waals surface area contributed by atoms with Crippen molar-refractivity contribution in [3.63, 3.8) is 0 Å². The van der Waals surface area contributed by atoms with Crippen molar-refractivity contribution in [1.29, 1.82) is 0 Å². The summed E-state index contributed by atoms with van der Waals surface area (Å²) in [4.78, 5) is 41.8. The molecule has 1 atom stereocenters. The standard InChI is InChI=1S/C20H21N3O4S/c1-4-12-6-8-13(9-7-12)22-17(24)14(5-2)23-10-21-18-15(19(23)25)11(3)16(28-18)20(26)27/h6-10,14H,4-5H2,1-3H3,(H,22,24)(H,26,27). The molecule has 0 aliphatic rings. The van der Waals surface area contributed by atoms with E-state index in [1.54, 1.807) is 6.92 Å². The number of nitrogens with one attached hydrogen (secondary N) is 1. The normalized spacial score (nSPS) is 12.1. The van der Waals surface area contributed by atoms with Crippen LogP contribution in [0.4, 0.5) is 5.69 Å². The lowest BCUT2D eigenvalue weighted by Crippen LogP contribution is -2.33. The molecule has 146 valence electrons. The number of rotatable bonds is 6. The summed E-state index contributed by atoms with van der Waals surface area (Å²) in [6.45, 7) is 5.45. The monoisotopic (exact) mass is 399 g/mol. The van der Waals surface area contributed by atoms with Crippen molar-refractivity contribution in [3.05, 3.63) is 57.0 Å². The number of hydrogen-bond donors (Lipinski definition) is 2. The molecule has 0 aliphatic heterocycles. The van der Waals surface area contributed by atoms with Crippen LogP contribution in [0.2, 0.25) is 0 Å². The Balaban J connectivity index is 1.97. The second kappa shape index (κ2) is 7.93. The SMILES string of the molecule is CCc1ccc(NC(=O)C(CC)n2cnc3sc(C(=O)O)c(C)c3c2=O)cc1. The number of aromatic carboxylic acids is 1. The van der Waals surface area contributed by atoms with Gasteiger partial charge in [-0.25, -0.2) is 9.78 Å². The van der Waals surface area contributed by atoms with Crippen LogP contribution in [0.25, 0.3) is 10.2 Å². The van der Waals surface area contributed by atoms with Gasteiger partial charge in [0.1, 0.15) is 15.7 Å². The number of hydrogen-bond acceptors (Lipinski definition) is 5. The first kappa shape index (κ1) is 19.8. The third-order valence-corrected chi connectivity index (χ3v) is 5.91. The van der Waals surface area contributed by atoms with Crippen molar-refractivity contribution in [2.24, 2.45) is 0 Å². The Labute approximate surface area is 165 Å². The van der Waals surface area contributed by atoms with Crippen LogP contribution in [-0.4, -0.2) is 26.5 Å². The molecule has 0 aliphatic carbocycles. The van der Waals surface area contributed by atoms with Crippen molar-refractivity contribution in [2.45, 2.75) is 39.7 Å². The summed E-state index contributed by atoms with van der Waals surface area (Å²) in [5.74, 6) is -1.41. The van der Waals surface area contributed by atoms with E-state index < -0.39 is 17.6 Å². The first-order valence-corrected chi connectivity index (χ1v) is 9.82. The molecular weight excluding hydrogens is 378 g/mol. The molecule has 0 radical (unpaired) electrons. The first-order valence-electron chi connectivity index (χ1n) is 9.00. The van der Waals surface area contributed by atoms with Gasteiger partial charge in [-0.15, -0.1) is 11.3 Å². The molecule has 2 N–H and O–H groups in total. The van der Waals surface area contributed by atoms with Gasteiger partial charge < -0.3 is 10.4 Å². The van der Waals surface area contributed by atoms with Crippen LogP contribution >= 0.6 is 11.3 Å². The van der Waals surface area contributed by atoms with E-state index in [0.717, 1.165) is 23.3 Å². The van der Waals surface area contributed by atoms with E-state index in [0.29, 0.717) is 22.5 Å². The number of benzene rings is 1. The first-order chi connectivity index (χ1) is 13.4. The number of nitrogens with zero attached hydrogens (tertiary/aromatic N) is 2. The Bertz CT molecular complexity index is 1100. The molecule has 1 aromatic carbocycles. The van der Waals surface area contributed by atoms with Crippen LogP contribution in [0.3, 0.4) is 0 Å². The van der Waals surface area contributed by atoms with Crippen LogP contribution in [0.5, 0.6) is 0 Å². The zero-order valence-corrected chi connectivity index (χ0v) is 16.7. The number of carbonyl (C=O) groups is 2. The van der Waals surface area contributed by atoms with Gasteiger partial charge in [0.05, 0.1) is 11.7 Å². The number of carbonyl (C=O) groups excluding carboxylic acids is 1. The van der Waals surface area contributed by atoms with E-state index in [2.05, 4.69) is 17.2 Å². The second-order valence-electron chi connectivity index (χ2n) is 6.46. The number of carboxylic acids is 1. The maximum atomic E-state index is 13.0. The van der Waals surface area contributed by atoms with Gasteiger partial charge in [0.15, 0.2) is 0 Å². The Morgan fingerprint density at radius 1 is 1.25 bits per heavy atom.